The van der Waals surface area contributed by atoms with E-state index in [0.29, 0.717) is 6.42 Å². The molecular formula is C26H51NO3. The summed E-state index contributed by atoms with van der Waals surface area (Å²) in [7, 11) is 0. The number of rotatable bonds is 14. The van der Waals surface area contributed by atoms with Gasteiger partial charge in [-0.2, -0.15) is 0 Å². The molecule has 1 atom stereocenters. The molecule has 2 rings (SSSR count). The van der Waals surface area contributed by atoms with Gasteiger partial charge in [0.2, 0.25) is 0 Å². The topological polar surface area (TPSA) is 69.6 Å². The number of carboxylic acids is 1. The number of hydrogen-bond acceptors (Lipinski definition) is 3. The first-order chi connectivity index (χ1) is 14.6. The normalized spacial score (nSPS) is 19.1. The smallest absolute Gasteiger partial charge is 0.305 e. The molecule has 0 unspecified atom stereocenters. The van der Waals surface area contributed by atoms with Crippen molar-refractivity contribution in [3.63, 3.8) is 0 Å². The van der Waals surface area contributed by atoms with Crippen molar-refractivity contribution in [2.75, 3.05) is 0 Å². The SMILES string of the molecule is C1CCC(NC2CCCCC2)CC1.CCCCCCCCCCC[C@@H](O)CC(=O)O. The molecule has 0 aliphatic heterocycles. The maximum atomic E-state index is 10.3. The van der Waals surface area contributed by atoms with Crippen LogP contribution < -0.4 is 5.32 Å². The van der Waals surface area contributed by atoms with Crippen molar-refractivity contribution in [3.8, 4) is 0 Å². The molecule has 178 valence electrons. The molecule has 3 N–H and O–H groups in total. The van der Waals surface area contributed by atoms with Gasteiger partial charge in [-0.25, -0.2) is 0 Å². The van der Waals surface area contributed by atoms with Gasteiger partial charge in [0.05, 0.1) is 12.5 Å². The van der Waals surface area contributed by atoms with E-state index < -0.39 is 12.1 Å². The third-order valence-corrected chi connectivity index (χ3v) is 6.73. The fourth-order valence-corrected chi connectivity index (χ4v) is 4.87. The Hall–Kier alpha value is -0.610. The van der Waals surface area contributed by atoms with Crippen LogP contribution in [0.1, 0.15) is 142 Å². The molecule has 0 heterocycles. The lowest BCUT2D eigenvalue weighted by molar-refractivity contribution is -0.139. The molecule has 2 saturated carbocycles. The first-order valence-corrected chi connectivity index (χ1v) is 13.3. The molecule has 4 heteroatoms. The van der Waals surface area contributed by atoms with Crippen LogP contribution in [0.15, 0.2) is 0 Å². The van der Waals surface area contributed by atoms with Crippen molar-refractivity contribution in [2.24, 2.45) is 0 Å². The van der Waals surface area contributed by atoms with E-state index in [1.807, 2.05) is 0 Å². The zero-order chi connectivity index (χ0) is 21.9. The standard InChI is InChI=1S/C14H28O3.C12H23N/c1-2-3-4-5-6-7-8-9-10-11-13(15)12-14(16)17;1-3-7-11(8-4-1)13-12-9-5-2-6-10-12/h13,15H,2-12H2,1H3,(H,16,17);11-13H,1-10H2/t13-;/m1./s1. The number of unbranched alkanes of at least 4 members (excludes halogenated alkanes) is 8. The van der Waals surface area contributed by atoms with Crippen LogP contribution in [0.4, 0.5) is 0 Å². The van der Waals surface area contributed by atoms with E-state index in [1.165, 1.54) is 109 Å². The monoisotopic (exact) mass is 425 g/mol. The highest BCUT2D eigenvalue weighted by Crippen LogP contribution is 2.22. The number of aliphatic carboxylic acids is 1. The molecule has 2 aliphatic rings. The Balaban J connectivity index is 0.000000308. The van der Waals surface area contributed by atoms with Gasteiger partial charge in [-0.05, 0) is 32.1 Å². The highest BCUT2D eigenvalue weighted by molar-refractivity contribution is 5.67. The van der Waals surface area contributed by atoms with Crippen molar-refractivity contribution in [1.29, 1.82) is 0 Å². The Bertz CT molecular complexity index is 374. The first-order valence-electron chi connectivity index (χ1n) is 13.3. The summed E-state index contributed by atoms with van der Waals surface area (Å²) < 4.78 is 0. The van der Waals surface area contributed by atoms with E-state index in [4.69, 9.17) is 5.11 Å². The molecule has 0 bridgehead atoms. The average Bonchev–Trinajstić information content (AvgIpc) is 2.74. The van der Waals surface area contributed by atoms with Gasteiger partial charge >= 0.3 is 5.97 Å². The average molecular weight is 426 g/mol. The van der Waals surface area contributed by atoms with Crippen molar-refractivity contribution in [2.45, 2.75) is 160 Å². The van der Waals surface area contributed by atoms with Gasteiger partial charge in [0.25, 0.3) is 0 Å². The second-order valence-corrected chi connectivity index (χ2v) is 9.71. The van der Waals surface area contributed by atoms with Crippen molar-refractivity contribution < 1.29 is 15.0 Å². The second-order valence-electron chi connectivity index (χ2n) is 9.71. The molecule has 0 aromatic rings. The number of carboxylic acid groups (broad SMARTS) is 1. The summed E-state index contributed by atoms with van der Waals surface area (Å²) in [6.07, 6.45) is 25.6. The van der Waals surface area contributed by atoms with E-state index in [9.17, 15) is 9.90 Å². The quantitative estimate of drug-likeness (QED) is 0.262. The van der Waals surface area contributed by atoms with E-state index >= 15 is 0 Å². The fourth-order valence-electron chi connectivity index (χ4n) is 4.87. The van der Waals surface area contributed by atoms with Gasteiger partial charge in [0, 0.05) is 12.1 Å². The summed E-state index contributed by atoms with van der Waals surface area (Å²) in [6, 6.07) is 1.74. The summed E-state index contributed by atoms with van der Waals surface area (Å²) in [5.41, 5.74) is 0. The molecule has 2 aliphatic carbocycles. The molecule has 0 spiro atoms. The van der Waals surface area contributed by atoms with Gasteiger partial charge in [0.15, 0.2) is 0 Å². The zero-order valence-electron chi connectivity index (χ0n) is 19.9. The highest BCUT2D eigenvalue weighted by atomic mass is 16.4. The lowest BCUT2D eigenvalue weighted by Gasteiger charge is -2.30. The molecule has 0 aromatic carbocycles. The molecule has 30 heavy (non-hydrogen) atoms. The molecule has 2 fully saturated rings. The lowest BCUT2D eigenvalue weighted by atomic mass is 9.91. The molecule has 0 aromatic heterocycles. The summed E-state index contributed by atoms with van der Waals surface area (Å²) in [4.78, 5) is 10.3. The Labute approximate surface area is 186 Å². The number of nitrogens with one attached hydrogen (secondary N) is 1. The Morgan fingerprint density at radius 3 is 1.63 bits per heavy atom. The highest BCUT2D eigenvalue weighted by Gasteiger charge is 2.19. The van der Waals surface area contributed by atoms with Crippen LogP contribution in [0.25, 0.3) is 0 Å². The lowest BCUT2D eigenvalue weighted by Crippen LogP contribution is -2.40. The molecule has 0 amide bonds. The van der Waals surface area contributed by atoms with Gasteiger partial charge in [-0.1, -0.05) is 103 Å². The van der Waals surface area contributed by atoms with Gasteiger partial charge in [-0.3, -0.25) is 4.79 Å². The summed E-state index contributed by atoms with van der Waals surface area (Å²) in [6.45, 7) is 2.22. The third-order valence-electron chi connectivity index (χ3n) is 6.73. The maximum Gasteiger partial charge on any atom is 0.305 e. The van der Waals surface area contributed by atoms with Crippen molar-refractivity contribution in [1.82, 2.24) is 5.32 Å². The number of hydrogen-bond donors (Lipinski definition) is 3. The molecular weight excluding hydrogens is 374 g/mol. The van der Waals surface area contributed by atoms with Crippen LogP contribution in [0.2, 0.25) is 0 Å². The molecule has 4 nitrogen and oxygen atoms in total. The Kier molecular flexibility index (Phi) is 17.5. The predicted molar refractivity (Wildman–Crippen MR) is 127 cm³/mol. The predicted octanol–water partition coefficient (Wildman–Crippen LogP) is 6.98. The van der Waals surface area contributed by atoms with Crippen molar-refractivity contribution >= 4 is 5.97 Å². The summed E-state index contributed by atoms with van der Waals surface area (Å²) in [5.74, 6) is -0.909. The first kappa shape index (κ1) is 27.4. The minimum Gasteiger partial charge on any atom is -0.481 e. The van der Waals surface area contributed by atoms with Crippen LogP contribution in [-0.2, 0) is 4.79 Å². The van der Waals surface area contributed by atoms with E-state index in [0.717, 1.165) is 24.9 Å². The van der Waals surface area contributed by atoms with E-state index in [2.05, 4.69) is 12.2 Å². The number of aliphatic hydroxyl groups excluding tert-OH is 1. The van der Waals surface area contributed by atoms with Gasteiger partial charge in [-0.15, -0.1) is 0 Å². The van der Waals surface area contributed by atoms with Gasteiger partial charge < -0.3 is 15.5 Å². The Morgan fingerprint density at radius 1 is 0.767 bits per heavy atom. The minimum atomic E-state index is -0.909. The Morgan fingerprint density at radius 2 is 1.20 bits per heavy atom. The van der Waals surface area contributed by atoms with Crippen LogP contribution >= 0.6 is 0 Å². The fraction of sp³-hybridized carbons (Fsp3) is 0.962. The third kappa shape index (κ3) is 16.1. The van der Waals surface area contributed by atoms with E-state index in [1.54, 1.807) is 0 Å². The van der Waals surface area contributed by atoms with Crippen LogP contribution in [0.3, 0.4) is 0 Å². The largest absolute Gasteiger partial charge is 0.481 e. The van der Waals surface area contributed by atoms with Crippen molar-refractivity contribution in [3.05, 3.63) is 0 Å². The van der Waals surface area contributed by atoms with Gasteiger partial charge in [0.1, 0.15) is 0 Å². The summed E-state index contributed by atoms with van der Waals surface area (Å²) >= 11 is 0. The minimum absolute atomic E-state index is 0.114. The second kappa shape index (κ2) is 19.1. The number of carbonyl (C=O) groups is 1. The molecule has 0 saturated heterocycles. The molecule has 0 radical (unpaired) electrons. The van der Waals surface area contributed by atoms with Crippen LogP contribution in [0.5, 0.6) is 0 Å². The zero-order valence-corrected chi connectivity index (χ0v) is 19.9. The maximum absolute atomic E-state index is 10.3. The van der Waals surface area contributed by atoms with Crippen LogP contribution in [0, 0.1) is 0 Å². The number of aliphatic hydroxyl groups is 1. The van der Waals surface area contributed by atoms with Crippen LogP contribution in [-0.4, -0.2) is 34.4 Å². The van der Waals surface area contributed by atoms with E-state index in [-0.39, 0.29) is 6.42 Å². The summed E-state index contributed by atoms with van der Waals surface area (Å²) in [5, 5.41) is 21.7.